The number of nitrogens with two attached hydrogens (primary N) is 1. The van der Waals surface area contributed by atoms with E-state index in [2.05, 4.69) is 9.97 Å². The van der Waals surface area contributed by atoms with Gasteiger partial charge in [0.2, 0.25) is 0 Å². The van der Waals surface area contributed by atoms with Crippen LogP contribution in [0.4, 0.5) is 17.3 Å². The number of hydrogen-bond acceptors (Lipinski definition) is 12. The Morgan fingerprint density at radius 1 is 1.17 bits per heavy atom. The molecule has 0 aromatic carbocycles. The molecule has 0 saturated carbocycles. The number of nitrogens with one attached hydrogen (secondary N) is 1. The smallest absolute Gasteiger partial charge is 0.348 e. The number of nitrogen functional groups attached to an aromatic ring is 1. The van der Waals surface area contributed by atoms with Gasteiger partial charge in [-0.1, -0.05) is 0 Å². The molecule has 4 atom stereocenters. The maximum atomic E-state index is 11.9. The fraction of sp³-hybridized carbons (Fsp3) is 0.588. The molecule has 0 amide bonds. The Labute approximate surface area is 171 Å². The molecule has 2 aliphatic heterocycles. The maximum absolute atomic E-state index is 11.9. The van der Waals surface area contributed by atoms with Crippen molar-refractivity contribution in [2.45, 2.75) is 45.3 Å². The molecule has 30 heavy (non-hydrogen) atoms. The molecule has 3 rings (SSSR count). The second kappa shape index (κ2) is 8.18. The zero-order valence-corrected chi connectivity index (χ0v) is 16.9. The van der Waals surface area contributed by atoms with E-state index in [9.17, 15) is 19.2 Å². The molecule has 1 aromatic heterocycles. The van der Waals surface area contributed by atoms with Crippen LogP contribution >= 0.6 is 0 Å². The van der Waals surface area contributed by atoms with Gasteiger partial charge in [-0.3, -0.25) is 19.4 Å². The molecule has 1 saturated heterocycles. The number of aromatic nitrogens is 2. The first-order valence-electron chi connectivity index (χ1n) is 9.09. The second-order valence-corrected chi connectivity index (χ2v) is 6.95. The second-order valence-electron chi connectivity index (χ2n) is 6.95. The van der Waals surface area contributed by atoms with Crippen LogP contribution in [0.15, 0.2) is 4.79 Å². The fourth-order valence-electron chi connectivity index (χ4n) is 3.56. The van der Waals surface area contributed by atoms with Crippen LogP contribution in [0.1, 0.15) is 20.8 Å². The van der Waals surface area contributed by atoms with Crippen molar-refractivity contribution in [1.29, 1.82) is 0 Å². The average Bonchev–Trinajstić information content (AvgIpc) is 3.10. The molecule has 0 radical (unpaired) electrons. The number of fused-ring (bicyclic) bond motifs is 1. The number of anilines is 3. The molecule has 0 bridgehead atoms. The Morgan fingerprint density at radius 2 is 1.80 bits per heavy atom. The van der Waals surface area contributed by atoms with E-state index in [1.807, 2.05) is 0 Å². The number of H-pyrrole nitrogens is 1. The molecule has 1 aromatic rings. The van der Waals surface area contributed by atoms with Gasteiger partial charge in [0.05, 0.1) is 6.67 Å². The van der Waals surface area contributed by atoms with Crippen molar-refractivity contribution in [2.75, 3.05) is 35.9 Å². The van der Waals surface area contributed by atoms with E-state index in [1.165, 1.54) is 20.8 Å². The van der Waals surface area contributed by atoms with Gasteiger partial charge >= 0.3 is 23.6 Å². The van der Waals surface area contributed by atoms with Crippen LogP contribution < -0.4 is 21.2 Å². The molecule has 13 heteroatoms. The number of carbonyl (C=O) groups excluding carboxylic acids is 3. The van der Waals surface area contributed by atoms with Crippen molar-refractivity contribution in [3.05, 3.63) is 10.5 Å². The Kier molecular flexibility index (Phi) is 5.82. The summed E-state index contributed by atoms with van der Waals surface area (Å²) < 4.78 is 21.7. The van der Waals surface area contributed by atoms with Crippen LogP contribution in [0.5, 0.6) is 0 Å². The molecule has 3 N–H and O–H groups in total. The van der Waals surface area contributed by atoms with Gasteiger partial charge in [0.25, 0.3) is 0 Å². The van der Waals surface area contributed by atoms with Gasteiger partial charge in [0.15, 0.2) is 24.3 Å². The van der Waals surface area contributed by atoms with E-state index >= 15 is 0 Å². The van der Waals surface area contributed by atoms with Crippen LogP contribution in [0.25, 0.3) is 0 Å². The quantitative estimate of drug-likeness (QED) is 0.424. The highest BCUT2D eigenvalue weighted by Crippen LogP contribution is 2.40. The molecular weight excluding hydrogens is 402 g/mol. The standard InChI is InChI=1S/C17H23N5O8/c1-7(23)27-5-10-12(28-8(2)24)13(29-9(3)25)16(30-10)22-6-21(4)11-14(18)19-17(26)20-15(11)22/h10,12-13,16H,5-6H2,1-4H3,(H3,18,19,20,26)/t10-,12-,13-,16-/m1/s1. The van der Waals surface area contributed by atoms with Crippen molar-refractivity contribution in [3.8, 4) is 0 Å². The van der Waals surface area contributed by atoms with E-state index in [1.54, 1.807) is 16.8 Å². The lowest BCUT2D eigenvalue weighted by molar-refractivity contribution is -0.165. The highest BCUT2D eigenvalue weighted by atomic mass is 16.7. The monoisotopic (exact) mass is 425 g/mol. The Hall–Kier alpha value is -3.35. The SMILES string of the molecule is CC(=O)OC[C@H]1O[C@@H](N2CN(C)c3c2nc(=O)[nH]c3N)[C@H](OC(C)=O)[C@@H]1OC(C)=O. The third-order valence-corrected chi connectivity index (χ3v) is 4.58. The summed E-state index contributed by atoms with van der Waals surface area (Å²) in [4.78, 5) is 56.2. The third kappa shape index (κ3) is 4.15. The van der Waals surface area contributed by atoms with Gasteiger partial charge < -0.3 is 34.5 Å². The molecule has 3 heterocycles. The van der Waals surface area contributed by atoms with Crippen LogP contribution in [0.3, 0.4) is 0 Å². The van der Waals surface area contributed by atoms with Gasteiger partial charge in [-0.15, -0.1) is 0 Å². The first kappa shape index (κ1) is 21.4. The van der Waals surface area contributed by atoms with Gasteiger partial charge in [0, 0.05) is 27.8 Å². The number of ether oxygens (including phenoxy) is 4. The number of rotatable bonds is 5. The summed E-state index contributed by atoms with van der Waals surface area (Å²) in [5.74, 6) is -1.49. The summed E-state index contributed by atoms with van der Waals surface area (Å²) in [6.45, 7) is 3.58. The summed E-state index contributed by atoms with van der Waals surface area (Å²) in [5.41, 5.74) is 5.72. The van der Waals surface area contributed by atoms with E-state index in [0.717, 1.165) is 0 Å². The van der Waals surface area contributed by atoms with E-state index in [-0.39, 0.29) is 24.9 Å². The Morgan fingerprint density at radius 3 is 2.40 bits per heavy atom. The minimum absolute atomic E-state index is 0.116. The summed E-state index contributed by atoms with van der Waals surface area (Å²) >= 11 is 0. The first-order chi connectivity index (χ1) is 14.1. The average molecular weight is 425 g/mol. The number of nitrogens with zero attached hydrogens (tertiary/aromatic N) is 3. The first-order valence-corrected chi connectivity index (χ1v) is 9.09. The Bertz CT molecular complexity index is 918. The van der Waals surface area contributed by atoms with Gasteiger partial charge in [-0.05, 0) is 0 Å². The predicted octanol–water partition coefficient (Wildman–Crippen LogP) is -1.28. The summed E-state index contributed by atoms with van der Waals surface area (Å²) in [6, 6.07) is 0. The van der Waals surface area contributed by atoms with Crippen molar-refractivity contribution in [2.24, 2.45) is 0 Å². The predicted molar refractivity (Wildman–Crippen MR) is 101 cm³/mol. The molecule has 0 spiro atoms. The maximum Gasteiger partial charge on any atom is 0.348 e. The van der Waals surface area contributed by atoms with Gasteiger partial charge in [0.1, 0.15) is 24.2 Å². The van der Waals surface area contributed by atoms with Crippen molar-refractivity contribution in [1.82, 2.24) is 9.97 Å². The Balaban J connectivity index is 2.00. The lowest BCUT2D eigenvalue weighted by Crippen LogP contribution is -2.48. The topological polar surface area (TPSA) is 166 Å². The van der Waals surface area contributed by atoms with Crippen molar-refractivity contribution >= 4 is 35.2 Å². The largest absolute Gasteiger partial charge is 0.463 e. The molecule has 0 aliphatic carbocycles. The minimum atomic E-state index is -1.08. The van der Waals surface area contributed by atoms with E-state index in [0.29, 0.717) is 5.69 Å². The number of aromatic amines is 1. The van der Waals surface area contributed by atoms with Gasteiger partial charge in [-0.25, -0.2) is 4.79 Å². The van der Waals surface area contributed by atoms with Crippen LogP contribution in [0.2, 0.25) is 0 Å². The van der Waals surface area contributed by atoms with Crippen LogP contribution in [0, 0.1) is 0 Å². The lowest BCUT2D eigenvalue weighted by atomic mass is 10.1. The molecule has 164 valence electrons. The normalized spacial score (nSPS) is 25.1. The van der Waals surface area contributed by atoms with E-state index < -0.39 is 48.1 Å². The molecule has 13 nitrogen and oxygen atoms in total. The van der Waals surface area contributed by atoms with Crippen LogP contribution in [-0.2, 0) is 33.3 Å². The lowest BCUT2D eigenvalue weighted by Gasteiger charge is -2.29. The highest BCUT2D eigenvalue weighted by molar-refractivity contribution is 5.81. The third-order valence-electron chi connectivity index (χ3n) is 4.58. The van der Waals surface area contributed by atoms with Crippen molar-refractivity contribution in [3.63, 3.8) is 0 Å². The molecule has 1 fully saturated rings. The van der Waals surface area contributed by atoms with Gasteiger partial charge in [-0.2, -0.15) is 4.98 Å². The number of hydrogen-bond donors (Lipinski definition) is 2. The summed E-state index contributed by atoms with van der Waals surface area (Å²) in [7, 11) is 1.73. The molecule has 2 aliphatic rings. The van der Waals surface area contributed by atoms with Crippen molar-refractivity contribution < 1.29 is 33.3 Å². The summed E-state index contributed by atoms with van der Waals surface area (Å²) in [6.07, 6.45) is -4.03. The zero-order chi connectivity index (χ0) is 22.2. The number of esters is 3. The fourth-order valence-corrected chi connectivity index (χ4v) is 3.56. The number of carbonyl (C=O) groups is 3. The highest BCUT2D eigenvalue weighted by Gasteiger charge is 2.53. The minimum Gasteiger partial charge on any atom is -0.463 e. The van der Waals surface area contributed by atoms with E-state index in [4.69, 9.17) is 24.7 Å². The van der Waals surface area contributed by atoms with Crippen LogP contribution in [-0.4, -0.2) is 72.7 Å². The molecular formula is C17H23N5O8. The zero-order valence-electron chi connectivity index (χ0n) is 16.9. The summed E-state index contributed by atoms with van der Waals surface area (Å²) in [5, 5.41) is 0. The molecule has 0 unspecified atom stereocenters.